The van der Waals surface area contributed by atoms with Crippen LogP contribution in [0, 0.1) is 13.8 Å². The number of carbonyl (C=O) groups is 2. The Labute approximate surface area is 219 Å². The average Bonchev–Trinajstić information content (AvgIpc) is 2.78. The predicted octanol–water partition coefficient (Wildman–Crippen LogP) is 1.17. The highest BCUT2D eigenvalue weighted by Gasteiger charge is 2.38. The van der Waals surface area contributed by atoms with Gasteiger partial charge in [0.1, 0.15) is 18.3 Å². The number of aromatic nitrogens is 1. The molecule has 0 saturated heterocycles. The lowest BCUT2D eigenvalue weighted by Gasteiger charge is -2.20. The lowest BCUT2D eigenvalue weighted by atomic mass is 10.1. The van der Waals surface area contributed by atoms with Crippen molar-refractivity contribution in [2.75, 3.05) is 11.3 Å². The third-order valence-corrected chi connectivity index (χ3v) is 6.53. The van der Waals surface area contributed by atoms with E-state index in [9.17, 15) is 31.2 Å². The van der Waals surface area contributed by atoms with Gasteiger partial charge >= 0.3 is 12.1 Å². The monoisotopic (exact) mass is 584 g/mol. The topological polar surface area (TPSA) is 222 Å². The van der Waals surface area contributed by atoms with Crippen LogP contribution in [0.1, 0.15) is 23.7 Å². The number of alkyl halides is 3. The van der Waals surface area contributed by atoms with Gasteiger partial charge in [0.25, 0.3) is 15.6 Å². The minimum absolute atomic E-state index is 0.0313. The Balaban J connectivity index is 0.000000905. The van der Waals surface area contributed by atoms with Gasteiger partial charge in [0.05, 0.1) is 4.90 Å². The van der Waals surface area contributed by atoms with Crippen molar-refractivity contribution in [2.24, 2.45) is 22.4 Å². The summed E-state index contributed by atoms with van der Waals surface area (Å²) in [6.07, 6.45) is -5.11. The van der Waals surface area contributed by atoms with Gasteiger partial charge in [-0.25, -0.2) is 13.2 Å². The summed E-state index contributed by atoms with van der Waals surface area (Å²) < 4.78 is 60.7. The molecule has 0 spiro atoms. The maximum absolute atomic E-state index is 13.0. The van der Waals surface area contributed by atoms with Crippen molar-refractivity contribution in [3.63, 3.8) is 0 Å². The molecule has 1 aromatic heterocycles. The number of aryl methyl sites for hydroxylation is 1. The van der Waals surface area contributed by atoms with Crippen molar-refractivity contribution < 1.29 is 41.1 Å². The molecule has 13 nitrogen and oxygen atoms in total. The molecule has 1 aromatic carbocycles. The van der Waals surface area contributed by atoms with E-state index in [1.165, 1.54) is 24.3 Å². The molecule has 0 radical (unpaired) electrons. The summed E-state index contributed by atoms with van der Waals surface area (Å²) in [7, 11) is -4.13. The van der Waals surface area contributed by atoms with E-state index in [2.05, 4.69) is 9.88 Å². The van der Waals surface area contributed by atoms with Crippen LogP contribution in [-0.4, -0.2) is 48.7 Å². The molecule has 0 aliphatic heterocycles. The highest BCUT2D eigenvalue weighted by atomic mass is 35.5. The quantitative estimate of drug-likeness (QED) is 0.123. The molecular weight excluding hydrogens is 561 g/mol. The predicted molar refractivity (Wildman–Crippen MR) is 131 cm³/mol. The van der Waals surface area contributed by atoms with Gasteiger partial charge in [-0.1, -0.05) is 17.7 Å². The number of oxime groups is 1. The van der Waals surface area contributed by atoms with Gasteiger partial charge in [-0.2, -0.15) is 13.2 Å². The molecule has 2 aromatic rings. The number of rotatable bonds is 9. The van der Waals surface area contributed by atoms with Crippen molar-refractivity contribution in [1.82, 2.24) is 4.57 Å². The molecule has 210 valence electrons. The smallest absolute Gasteiger partial charge is 0.475 e. The molecule has 0 fully saturated rings. The average molecular weight is 585 g/mol. The number of halogens is 4. The van der Waals surface area contributed by atoms with Crippen LogP contribution in [0.4, 0.5) is 18.9 Å². The number of sulfonamides is 1. The normalized spacial score (nSPS) is 11.9. The second-order valence-corrected chi connectivity index (χ2v) is 9.45. The third kappa shape index (κ3) is 8.84. The number of anilines is 1. The van der Waals surface area contributed by atoms with Crippen molar-refractivity contribution in [1.29, 1.82) is 0 Å². The molecule has 1 heterocycles. The van der Waals surface area contributed by atoms with Crippen LogP contribution in [0.2, 0.25) is 5.02 Å². The summed E-state index contributed by atoms with van der Waals surface area (Å²) in [6.45, 7) is 3.01. The van der Waals surface area contributed by atoms with Gasteiger partial charge in [0, 0.05) is 17.1 Å². The number of nitrogens with one attached hydrogen (secondary N) is 1. The fourth-order valence-electron chi connectivity index (χ4n) is 2.87. The molecule has 0 saturated carbocycles. The molecule has 1 amide bonds. The summed E-state index contributed by atoms with van der Waals surface area (Å²) in [6, 6.07) is 6.06. The number of hydrogen-bond acceptors (Lipinski definition) is 7. The number of hydrogen-bond donors (Lipinski definition) is 5. The summed E-state index contributed by atoms with van der Waals surface area (Å²) >= 11 is 6.01. The van der Waals surface area contributed by atoms with E-state index in [-0.39, 0.29) is 34.6 Å². The second kappa shape index (κ2) is 13.0. The first-order chi connectivity index (χ1) is 17.4. The number of nitrogens with zero attached hydrogens (tertiary/aromatic N) is 2. The maximum Gasteiger partial charge on any atom is 0.490 e. The molecule has 8 N–H and O–H groups in total. The first kappa shape index (κ1) is 32.0. The lowest BCUT2D eigenvalue weighted by Crippen LogP contribution is -2.37. The van der Waals surface area contributed by atoms with Crippen LogP contribution < -0.4 is 27.5 Å². The van der Waals surface area contributed by atoms with E-state index in [1.54, 1.807) is 19.9 Å². The number of guanidine groups is 1. The van der Waals surface area contributed by atoms with Crippen molar-refractivity contribution >= 4 is 45.1 Å². The van der Waals surface area contributed by atoms with Gasteiger partial charge in [-0.05, 0) is 48.8 Å². The van der Waals surface area contributed by atoms with Gasteiger partial charge in [-0.3, -0.25) is 18.9 Å². The van der Waals surface area contributed by atoms with Gasteiger partial charge < -0.3 is 27.1 Å². The Morgan fingerprint density at radius 2 is 1.76 bits per heavy atom. The van der Waals surface area contributed by atoms with Crippen LogP contribution >= 0.6 is 11.6 Å². The van der Waals surface area contributed by atoms with E-state index in [0.29, 0.717) is 11.3 Å². The molecule has 1 atom stereocenters. The summed E-state index contributed by atoms with van der Waals surface area (Å²) in [5.74, 6) is -3.88. The van der Waals surface area contributed by atoms with Crippen molar-refractivity contribution in [3.8, 4) is 0 Å². The number of primary amides is 1. The van der Waals surface area contributed by atoms with Crippen LogP contribution in [0.15, 0.2) is 45.2 Å². The van der Waals surface area contributed by atoms with Gasteiger partial charge in [0.15, 0.2) is 0 Å². The SMILES string of the molecule is Cc1c(Cl)cccc1S(=O)(=O)Nc1ccc(C)n(C(CCON=C(N)N)C(N)=O)c1=O.O=C(O)C(F)(F)F. The number of pyridine rings is 1. The van der Waals surface area contributed by atoms with E-state index >= 15 is 0 Å². The first-order valence-electron chi connectivity index (χ1n) is 10.2. The van der Waals surface area contributed by atoms with Crippen LogP contribution in [0.25, 0.3) is 0 Å². The summed E-state index contributed by atoms with van der Waals surface area (Å²) in [5.41, 5.74) is 15.5. The Bertz CT molecular complexity index is 1380. The van der Waals surface area contributed by atoms with Crippen LogP contribution in [0.5, 0.6) is 0 Å². The fourth-order valence-corrected chi connectivity index (χ4v) is 4.43. The maximum atomic E-state index is 13.0. The minimum atomic E-state index is -5.08. The van der Waals surface area contributed by atoms with Crippen LogP contribution in [0.3, 0.4) is 0 Å². The number of carboxylic acids is 1. The number of nitrogens with two attached hydrogens (primary N) is 3. The summed E-state index contributed by atoms with van der Waals surface area (Å²) in [4.78, 5) is 38.7. The van der Waals surface area contributed by atoms with Crippen molar-refractivity contribution in [3.05, 3.63) is 57.0 Å². The second-order valence-electron chi connectivity index (χ2n) is 7.39. The summed E-state index contributed by atoms with van der Waals surface area (Å²) in [5, 5.41) is 10.7. The Morgan fingerprint density at radius 3 is 2.26 bits per heavy atom. The zero-order chi connectivity index (χ0) is 29.4. The molecular formula is C20H24ClF3N6O7S. The van der Waals surface area contributed by atoms with E-state index in [0.717, 1.165) is 4.57 Å². The van der Waals surface area contributed by atoms with Crippen LogP contribution in [-0.2, 0) is 24.4 Å². The molecule has 18 heteroatoms. The molecule has 2 rings (SSSR count). The lowest BCUT2D eigenvalue weighted by molar-refractivity contribution is -0.192. The van der Waals surface area contributed by atoms with Crippen molar-refractivity contribution in [2.45, 2.75) is 37.4 Å². The largest absolute Gasteiger partial charge is 0.490 e. The Morgan fingerprint density at radius 1 is 1.18 bits per heavy atom. The van der Waals surface area contributed by atoms with E-state index in [1.807, 2.05) is 0 Å². The van der Waals surface area contributed by atoms with E-state index < -0.39 is 39.7 Å². The van der Waals surface area contributed by atoms with E-state index in [4.69, 9.17) is 43.5 Å². The minimum Gasteiger partial charge on any atom is -0.475 e. The van der Waals surface area contributed by atoms with Gasteiger partial charge in [-0.15, -0.1) is 0 Å². The zero-order valence-electron chi connectivity index (χ0n) is 19.8. The third-order valence-electron chi connectivity index (χ3n) is 4.61. The highest BCUT2D eigenvalue weighted by molar-refractivity contribution is 7.92. The number of carboxylic acid groups (broad SMARTS) is 1. The zero-order valence-corrected chi connectivity index (χ0v) is 21.4. The number of benzene rings is 1. The number of amides is 1. The molecule has 38 heavy (non-hydrogen) atoms. The van der Waals surface area contributed by atoms with Gasteiger partial charge in [0.2, 0.25) is 11.9 Å². The molecule has 0 aliphatic rings. The Hall–Kier alpha value is -3.99. The molecule has 1 unspecified atom stereocenters. The number of aliphatic carboxylic acids is 1. The first-order valence-corrected chi connectivity index (χ1v) is 12.1. The fraction of sp³-hybridized carbons (Fsp3) is 0.300. The standard InChI is InChI=1S/C18H23ClN6O5S.C2HF3O2/c1-10-6-7-13(24-31(28,29)15-5-3-4-12(19)11(15)2)17(27)25(10)14(16(20)26)8-9-30-23-18(21)22;3-2(4,5)1(6)7/h3-7,14,24H,8-9H2,1-2H3,(H2,20,26)(H4,21,22,23);(H,6,7). The molecule has 0 bridgehead atoms. The Kier molecular flexibility index (Phi) is 11.0. The molecule has 0 aliphatic carbocycles. The highest BCUT2D eigenvalue weighted by Crippen LogP contribution is 2.24. The number of carbonyl (C=O) groups excluding carboxylic acids is 1.